The van der Waals surface area contributed by atoms with E-state index >= 15 is 0 Å². The van der Waals surface area contributed by atoms with Crippen LogP contribution in [0.5, 0.6) is 0 Å². The first kappa shape index (κ1) is 15.7. The summed E-state index contributed by atoms with van der Waals surface area (Å²) in [6.07, 6.45) is 1.37. The molecule has 0 spiro atoms. The van der Waals surface area contributed by atoms with Gasteiger partial charge < -0.3 is 14.0 Å². The molecule has 1 aliphatic heterocycles. The smallest absolute Gasteiger partial charge is 0.398 e. The van der Waals surface area contributed by atoms with Crippen LogP contribution in [0.25, 0.3) is 0 Å². The van der Waals surface area contributed by atoms with Gasteiger partial charge in [-0.1, -0.05) is 0 Å². The summed E-state index contributed by atoms with van der Waals surface area (Å²) in [7, 11) is -0.932. The van der Waals surface area contributed by atoms with Crippen LogP contribution in [0.4, 0.5) is 4.39 Å². The highest BCUT2D eigenvalue weighted by Crippen LogP contribution is 2.38. The average Bonchev–Trinajstić information content (AvgIpc) is 2.33. The van der Waals surface area contributed by atoms with Crippen LogP contribution < -0.4 is 0 Å². The number of ether oxygens (including phenoxy) is 1. The Labute approximate surface area is 110 Å². The van der Waals surface area contributed by atoms with Crippen molar-refractivity contribution >= 4 is 7.12 Å². The van der Waals surface area contributed by atoms with Gasteiger partial charge in [-0.25, -0.2) is 4.39 Å². The van der Waals surface area contributed by atoms with E-state index < -0.39 is 24.0 Å². The van der Waals surface area contributed by atoms with Crippen LogP contribution in [0.2, 0.25) is 0 Å². The maximum absolute atomic E-state index is 13.9. The van der Waals surface area contributed by atoms with Crippen LogP contribution in [0, 0.1) is 0 Å². The largest absolute Gasteiger partial charge is 0.524 e. The summed E-state index contributed by atoms with van der Waals surface area (Å²) >= 11 is 0. The van der Waals surface area contributed by atoms with Crippen molar-refractivity contribution in [3.05, 3.63) is 11.8 Å². The van der Waals surface area contributed by atoms with E-state index in [0.29, 0.717) is 0 Å². The van der Waals surface area contributed by atoms with Gasteiger partial charge in [0.05, 0.1) is 23.4 Å². The fourth-order valence-corrected chi connectivity index (χ4v) is 1.42. The molecule has 0 amide bonds. The van der Waals surface area contributed by atoms with E-state index in [1.165, 1.54) is 6.08 Å². The maximum Gasteiger partial charge on any atom is 0.524 e. The molecule has 0 unspecified atom stereocenters. The molecule has 1 rings (SSSR count). The van der Waals surface area contributed by atoms with Gasteiger partial charge >= 0.3 is 7.12 Å². The Morgan fingerprint density at radius 2 is 1.61 bits per heavy atom. The van der Waals surface area contributed by atoms with Crippen molar-refractivity contribution in [3.63, 3.8) is 0 Å². The third kappa shape index (κ3) is 3.80. The molecule has 0 atom stereocenters. The molecule has 5 heteroatoms. The number of hydrogen-bond donors (Lipinski definition) is 0. The molecule has 0 N–H and O–H groups in total. The van der Waals surface area contributed by atoms with E-state index in [9.17, 15) is 4.39 Å². The zero-order chi connectivity index (χ0) is 14.2. The Kier molecular flexibility index (Phi) is 4.31. The summed E-state index contributed by atoms with van der Waals surface area (Å²) < 4.78 is 30.5. The maximum atomic E-state index is 13.9. The quantitative estimate of drug-likeness (QED) is 0.727. The van der Waals surface area contributed by atoms with Gasteiger partial charge in [-0.2, -0.15) is 0 Å². The van der Waals surface area contributed by atoms with E-state index in [1.807, 2.05) is 48.5 Å². The van der Waals surface area contributed by atoms with Crippen molar-refractivity contribution in [1.82, 2.24) is 0 Å². The Morgan fingerprint density at radius 3 is 2.00 bits per heavy atom. The normalized spacial score (nSPS) is 23.6. The minimum absolute atomic E-state index is 0.208. The third-order valence-corrected chi connectivity index (χ3v) is 3.27. The molecule has 1 aliphatic rings. The summed E-state index contributed by atoms with van der Waals surface area (Å²) in [5.41, 5.74) is -1.76. The Hall–Kier alpha value is -0.385. The number of halogens is 1. The molecular formula is C13H24BFO3. The molecule has 104 valence electrons. The zero-order valence-corrected chi connectivity index (χ0v) is 12.5. The van der Waals surface area contributed by atoms with E-state index in [1.54, 1.807) is 0 Å². The van der Waals surface area contributed by atoms with Gasteiger partial charge in [0.1, 0.15) is 5.73 Å². The second-order valence-electron chi connectivity index (χ2n) is 6.60. The molecular weight excluding hydrogens is 234 g/mol. The Morgan fingerprint density at radius 1 is 1.17 bits per heavy atom. The molecule has 1 saturated heterocycles. The van der Waals surface area contributed by atoms with E-state index in [4.69, 9.17) is 14.0 Å². The highest BCUT2D eigenvalue weighted by molar-refractivity contribution is 6.53. The fourth-order valence-electron chi connectivity index (χ4n) is 1.42. The van der Waals surface area contributed by atoms with Crippen molar-refractivity contribution in [2.75, 3.05) is 6.61 Å². The van der Waals surface area contributed by atoms with Gasteiger partial charge in [0.15, 0.2) is 0 Å². The van der Waals surface area contributed by atoms with Crippen LogP contribution in [0.1, 0.15) is 48.5 Å². The van der Waals surface area contributed by atoms with Crippen molar-refractivity contribution in [3.8, 4) is 0 Å². The molecule has 0 radical (unpaired) electrons. The molecule has 3 nitrogen and oxygen atoms in total. The first-order valence-electron chi connectivity index (χ1n) is 6.30. The van der Waals surface area contributed by atoms with Crippen molar-refractivity contribution in [1.29, 1.82) is 0 Å². The molecule has 0 aromatic carbocycles. The van der Waals surface area contributed by atoms with Crippen molar-refractivity contribution in [2.24, 2.45) is 0 Å². The topological polar surface area (TPSA) is 27.7 Å². The average molecular weight is 258 g/mol. The zero-order valence-electron chi connectivity index (χ0n) is 12.5. The van der Waals surface area contributed by atoms with Gasteiger partial charge in [0, 0.05) is 0 Å². The van der Waals surface area contributed by atoms with Crippen LogP contribution >= 0.6 is 0 Å². The minimum atomic E-state index is -0.932. The second kappa shape index (κ2) is 4.95. The second-order valence-corrected chi connectivity index (χ2v) is 6.60. The van der Waals surface area contributed by atoms with Crippen molar-refractivity contribution in [2.45, 2.75) is 65.3 Å². The van der Waals surface area contributed by atoms with E-state index in [2.05, 4.69) is 0 Å². The first-order chi connectivity index (χ1) is 7.95. The van der Waals surface area contributed by atoms with Crippen LogP contribution in [0.15, 0.2) is 11.8 Å². The molecule has 0 bridgehead atoms. The summed E-state index contributed by atoms with van der Waals surface area (Å²) in [5.74, 6) is 0. The van der Waals surface area contributed by atoms with E-state index in [0.717, 1.165) is 0 Å². The lowest BCUT2D eigenvalue weighted by Gasteiger charge is -2.32. The summed E-state index contributed by atoms with van der Waals surface area (Å²) in [5, 5.41) is 0. The molecule has 0 saturated carbocycles. The molecule has 18 heavy (non-hydrogen) atoms. The standard InChI is InChI=1S/C13H24BFO3/c1-11(2,3)16-9-8-10(15)14-17-12(4,5)13(6,7)18-14/h8H,9H2,1-7H3. The Bertz CT molecular complexity index is 316. The summed E-state index contributed by atoms with van der Waals surface area (Å²) in [6, 6.07) is 0. The molecule has 1 fully saturated rings. The monoisotopic (exact) mass is 258 g/mol. The highest BCUT2D eigenvalue weighted by Gasteiger charge is 2.52. The summed E-state index contributed by atoms with van der Waals surface area (Å²) in [4.78, 5) is 0. The van der Waals surface area contributed by atoms with Gasteiger partial charge in [-0.3, -0.25) is 0 Å². The lowest BCUT2D eigenvalue weighted by atomic mass is 9.88. The molecule has 0 aromatic heterocycles. The number of rotatable bonds is 3. The van der Waals surface area contributed by atoms with Crippen molar-refractivity contribution < 1.29 is 18.4 Å². The molecule has 0 aliphatic carbocycles. The van der Waals surface area contributed by atoms with Gasteiger partial charge in [0.2, 0.25) is 0 Å². The molecule has 1 heterocycles. The molecule has 0 aromatic rings. The van der Waals surface area contributed by atoms with Gasteiger partial charge in [-0.05, 0) is 54.5 Å². The third-order valence-electron chi connectivity index (χ3n) is 3.27. The van der Waals surface area contributed by atoms with Crippen LogP contribution in [-0.4, -0.2) is 30.5 Å². The van der Waals surface area contributed by atoms with Crippen LogP contribution in [-0.2, 0) is 14.0 Å². The SMILES string of the molecule is CC(C)(C)OCC=C(F)B1OC(C)(C)C(C)(C)O1. The summed E-state index contributed by atoms with van der Waals surface area (Å²) in [6.45, 7) is 13.6. The lowest BCUT2D eigenvalue weighted by molar-refractivity contribution is 0.00578. The first-order valence-corrected chi connectivity index (χ1v) is 6.30. The van der Waals surface area contributed by atoms with Gasteiger partial charge in [-0.15, -0.1) is 0 Å². The Balaban J connectivity index is 2.60. The lowest BCUT2D eigenvalue weighted by Crippen LogP contribution is -2.41. The predicted molar refractivity (Wildman–Crippen MR) is 71.0 cm³/mol. The van der Waals surface area contributed by atoms with Gasteiger partial charge in [0.25, 0.3) is 0 Å². The minimum Gasteiger partial charge on any atom is -0.398 e. The fraction of sp³-hybridized carbons (Fsp3) is 0.846. The highest BCUT2D eigenvalue weighted by atomic mass is 19.1. The number of hydrogen-bond acceptors (Lipinski definition) is 3. The predicted octanol–water partition coefficient (Wildman–Crippen LogP) is 3.29. The van der Waals surface area contributed by atoms with E-state index in [-0.39, 0.29) is 12.2 Å². The van der Waals surface area contributed by atoms with Crippen LogP contribution in [0.3, 0.4) is 0 Å².